The molecule has 0 saturated carbocycles. The number of rotatable bonds is 7. The zero-order valence-electron chi connectivity index (χ0n) is 13.4. The minimum atomic E-state index is 0.625. The maximum absolute atomic E-state index is 9.06. The van der Waals surface area contributed by atoms with E-state index in [9.17, 15) is 0 Å². The van der Waals surface area contributed by atoms with E-state index < -0.39 is 0 Å². The van der Waals surface area contributed by atoms with Crippen LogP contribution >= 0.6 is 0 Å². The van der Waals surface area contributed by atoms with Crippen LogP contribution in [0.3, 0.4) is 0 Å². The fourth-order valence-corrected chi connectivity index (χ4v) is 1.25. The SMILES string of the molecule is C/C=C\N(C)N(CCC)CCC.CC.CNC=O. The Kier molecular flexibility index (Phi) is 26.2. The molecule has 18 heavy (non-hydrogen) atoms. The normalized spacial score (nSPS) is 9.11. The molecule has 0 aliphatic carbocycles. The maximum atomic E-state index is 9.06. The number of hydrazine groups is 1. The topological polar surface area (TPSA) is 35.6 Å². The summed E-state index contributed by atoms with van der Waals surface area (Å²) >= 11 is 0. The van der Waals surface area contributed by atoms with E-state index in [-0.39, 0.29) is 0 Å². The molecule has 0 atom stereocenters. The van der Waals surface area contributed by atoms with Crippen molar-refractivity contribution in [2.45, 2.75) is 47.5 Å². The van der Waals surface area contributed by atoms with Crippen LogP contribution in [-0.2, 0) is 4.79 Å². The number of nitrogens with zero attached hydrogens (tertiary/aromatic N) is 2. The highest BCUT2D eigenvalue weighted by molar-refractivity contribution is 5.44. The molecular weight excluding hydrogens is 226 g/mol. The lowest BCUT2D eigenvalue weighted by Crippen LogP contribution is -2.37. The van der Waals surface area contributed by atoms with E-state index in [1.165, 1.54) is 12.8 Å². The van der Waals surface area contributed by atoms with Gasteiger partial charge in [-0.3, -0.25) is 4.79 Å². The average molecular weight is 259 g/mol. The van der Waals surface area contributed by atoms with Crippen molar-refractivity contribution in [3.05, 3.63) is 12.3 Å². The van der Waals surface area contributed by atoms with Gasteiger partial charge >= 0.3 is 0 Å². The third-order valence-corrected chi connectivity index (χ3v) is 1.89. The Morgan fingerprint density at radius 2 is 1.50 bits per heavy atom. The second kappa shape index (κ2) is 21.3. The largest absolute Gasteiger partial charge is 0.362 e. The maximum Gasteiger partial charge on any atom is 0.206 e. The summed E-state index contributed by atoms with van der Waals surface area (Å²) in [7, 11) is 3.66. The van der Waals surface area contributed by atoms with Crippen LogP contribution in [0.4, 0.5) is 0 Å². The van der Waals surface area contributed by atoms with Crippen molar-refractivity contribution < 1.29 is 4.79 Å². The Morgan fingerprint density at radius 1 is 1.11 bits per heavy atom. The highest BCUT2D eigenvalue weighted by atomic mass is 16.1. The molecule has 0 radical (unpaired) electrons. The molecule has 0 aromatic heterocycles. The van der Waals surface area contributed by atoms with Gasteiger partial charge in [0.2, 0.25) is 6.41 Å². The lowest BCUT2D eigenvalue weighted by atomic mass is 10.4. The fraction of sp³-hybridized carbons (Fsp3) is 0.786. The van der Waals surface area contributed by atoms with Crippen molar-refractivity contribution in [3.63, 3.8) is 0 Å². The quantitative estimate of drug-likeness (QED) is 0.564. The van der Waals surface area contributed by atoms with Gasteiger partial charge in [0, 0.05) is 33.4 Å². The molecule has 0 fully saturated rings. The van der Waals surface area contributed by atoms with Gasteiger partial charge in [-0.1, -0.05) is 33.8 Å². The van der Waals surface area contributed by atoms with Crippen LogP contribution in [0.5, 0.6) is 0 Å². The molecule has 1 N–H and O–H groups in total. The van der Waals surface area contributed by atoms with Crippen molar-refractivity contribution in [2.75, 3.05) is 27.2 Å². The van der Waals surface area contributed by atoms with Crippen molar-refractivity contribution in [3.8, 4) is 0 Å². The molecule has 110 valence electrons. The average Bonchev–Trinajstić information content (AvgIpc) is 2.41. The van der Waals surface area contributed by atoms with Crippen LogP contribution in [0.25, 0.3) is 0 Å². The Bertz CT molecular complexity index is 166. The standard InChI is InChI=1S/C10H22N2.C2H5NO.C2H6/c1-5-8-11(4)12(9-6-2)10-7-3;1-3-2-4;1-2/h5,8H,6-7,9-10H2,1-4H3;2H,1H3,(H,3,4);1-2H3/b8-5-;;. The van der Waals surface area contributed by atoms with Gasteiger partial charge in [-0.25, -0.2) is 5.01 Å². The van der Waals surface area contributed by atoms with Crippen molar-refractivity contribution in [1.82, 2.24) is 15.3 Å². The first-order valence-electron chi connectivity index (χ1n) is 6.89. The highest BCUT2D eigenvalue weighted by Gasteiger charge is 2.03. The first-order valence-corrected chi connectivity index (χ1v) is 6.89. The zero-order valence-corrected chi connectivity index (χ0v) is 13.4. The molecule has 0 bridgehead atoms. The van der Waals surface area contributed by atoms with E-state index in [1.807, 2.05) is 20.8 Å². The van der Waals surface area contributed by atoms with E-state index in [4.69, 9.17) is 4.79 Å². The second-order valence-corrected chi connectivity index (χ2v) is 3.42. The number of carbonyl (C=O) groups excluding carboxylic acids is 1. The Hall–Kier alpha value is -1.03. The fourth-order valence-electron chi connectivity index (χ4n) is 1.25. The summed E-state index contributed by atoms with van der Waals surface area (Å²) in [6.07, 6.45) is 7.22. The predicted molar refractivity (Wildman–Crippen MR) is 81.2 cm³/mol. The zero-order chi connectivity index (χ0) is 14.8. The summed E-state index contributed by atoms with van der Waals surface area (Å²) in [4.78, 5) is 9.06. The molecule has 4 nitrogen and oxygen atoms in total. The predicted octanol–water partition coefficient (Wildman–Crippen LogP) is 2.88. The molecule has 4 heteroatoms. The van der Waals surface area contributed by atoms with Gasteiger partial charge in [0.1, 0.15) is 0 Å². The second-order valence-electron chi connectivity index (χ2n) is 3.42. The molecule has 1 amide bonds. The van der Waals surface area contributed by atoms with Gasteiger partial charge in [-0.05, 0) is 19.8 Å². The van der Waals surface area contributed by atoms with E-state index in [0.717, 1.165) is 13.1 Å². The van der Waals surface area contributed by atoms with Crippen LogP contribution < -0.4 is 5.32 Å². The molecule has 0 rings (SSSR count). The number of allylic oxidation sites excluding steroid dienone is 1. The van der Waals surface area contributed by atoms with Gasteiger partial charge in [0.05, 0.1) is 0 Å². The number of nitrogens with one attached hydrogen (secondary N) is 1. The minimum absolute atomic E-state index is 0.625. The summed E-state index contributed by atoms with van der Waals surface area (Å²) in [5, 5.41) is 6.78. The van der Waals surface area contributed by atoms with E-state index >= 15 is 0 Å². The molecule has 0 spiro atoms. The van der Waals surface area contributed by atoms with Gasteiger partial charge in [0.15, 0.2) is 0 Å². The molecule has 0 aliphatic rings. The first-order chi connectivity index (χ1) is 8.67. The summed E-state index contributed by atoms with van der Waals surface area (Å²) in [5.74, 6) is 0. The van der Waals surface area contributed by atoms with Crippen LogP contribution in [0, 0.1) is 0 Å². The third-order valence-electron chi connectivity index (χ3n) is 1.89. The summed E-state index contributed by atoms with van der Waals surface area (Å²) < 4.78 is 0. The number of carbonyl (C=O) groups is 1. The smallest absolute Gasteiger partial charge is 0.206 e. The number of hydrogen-bond acceptors (Lipinski definition) is 3. The van der Waals surface area contributed by atoms with Gasteiger partial charge in [0.25, 0.3) is 0 Å². The summed E-state index contributed by atoms with van der Waals surface area (Å²) in [5.41, 5.74) is 0. The van der Waals surface area contributed by atoms with Crippen LogP contribution in [0.15, 0.2) is 12.3 Å². The lowest BCUT2D eigenvalue weighted by Gasteiger charge is -2.30. The highest BCUT2D eigenvalue weighted by Crippen LogP contribution is 1.99. The minimum Gasteiger partial charge on any atom is -0.362 e. The van der Waals surface area contributed by atoms with Crippen molar-refractivity contribution in [2.24, 2.45) is 0 Å². The van der Waals surface area contributed by atoms with Crippen LogP contribution in [0.2, 0.25) is 0 Å². The molecular formula is C14H33N3O. The van der Waals surface area contributed by atoms with Crippen molar-refractivity contribution in [1.29, 1.82) is 0 Å². The van der Waals surface area contributed by atoms with Gasteiger partial charge < -0.3 is 10.3 Å². The molecule has 0 aromatic carbocycles. The number of amides is 1. The Balaban J connectivity index is -0.000000317. The molecule has 0 aliphatic heterocycles. The van der Waals surface area contributed by atoms with Gasteiger partial charge in [-0.15, -0.1) is 0 Å². The third kappa shape index (κ3) is 17.4. The summed E-state index contributed by atoms with van der Waals surface area (Å²) in [6.45, 7) is 12.8. The van der Waals surface area contributed by atoms with Crippen molar-refractivity contribution >= 4 is 6.41 Å². The van der Waals surface area contributed by atoms with E-state index in [2.05, 4.69) is 48.5 Å². The lowest BCUT2D eigenvalue weighted by molar-refractivity contribution is -0.109. The summed E-state index contributed by atoms with van der Waals surface area (Å²) in [6, 6.07) is 0. The first kappa shape index (κ1) is 22.2. The Morgan fingerprint density at radius 3 is 1.72 bits per heavy atom. The molecule has 0 aromatic rings. The Labute approximate surface area is 114 Å². The van der Waals surface area contributed by atoms with Crippen LogP contribution in [0.1, 0.15) is 47.5 Å². The van der Waals surface area contributed by atoms with E-state index in [0.29, 0.717) is 6.41 Å². The molecule has 0 heterocycles. The monoisotopic (exact) mass is 259 g/mol. The number of hydrogen-bond donors (Lipinski definition) is 1. The molecule has 0 saturated heterocycles. The van der Waals surface area contributed by atoms with Crippen LogP contribution in [-0.4, -0.2) is 43.6 Å². The molecule has 0 unspecified atom stereocenters. The van der Waals surface area contributed by atoms with E-state index in [1.54, 1.807) is 7.05 Å². The van der Waals surface area contributed by atoms with Gasteiger partial charge in [-0.2, -0.15) is 0 Å².